The van der Waals surface area contributed by atoms with Crippen molar-refractivity contribution in [1.29, 1.82) is 0 Å². The maximum atomic E-state index is 12.1. The van der Waals surface area contributed by atoms with Crippen LogP contribution in [0.3, 0.4) is 0 Å². The molecule has 1 aromatic rings. The van der Waals surface area contributed by atoms with Crippen LogP contribution >= 0.6 is 11.8 Å². The highest BCUT2D eigenvalue weighted by atomic mass is 32.2. The maximum absolute atomic E-state index is 12.1. The molecule has 2 heterocycles. The predicted octanol–water partition coefficient (Wildman–Crippen LogP) is 1.39. The fourth-order valence-electron chi connectivity index (χ4n) is 3.06. The molecule has 23 heavy (non-hydrogen) atoms. The number of benzene rings is 1. The van der Waals surface area contributed by atoms with Crippen molar-refractivity contribution in [2.45, 2.75) is 18.2 Å². The zero-order chi connectivity index (χ0) is 16.3. The van der Waals surface area contributed by atoms with E-state index in [4.69, 9.17) is 10.5 Å². The lowest BCUT2D eigenvalue weighted by Crippen LogP contribution is -2.45. The molecule has 1 atom stereocenters. The van der Waals surface area contributed by atoms with Crippen LogP contribution in [0, 0.1) is 0 Å². The van der Waals surface area contributed by atoms with Crippen LogP contribution in [0.25, 0.3) is 0 Å². The summed E-state index contributed by atoms with van der Waals surface area (Å²) >= 11 is 1.47. The van der Waals surface area contributed by atoms with Crippen molar-refractivity contribution >= 4 is 22.8 Å². The van der Waals surface area contributed by atoms with E-state index in [2.05, 4.69) is 10.0 Å². The minimum atomic E-state index is -0.560. The van der Waals surface area contributed by atoms with Crippen LogP contribution in [0.5, 0.6) is 0 Å². The van der Waals surface area contributed by atoms with Crippen molar-refractivity contribution in [3.63, 3.8) is 0 Å². The summed E-state index contributed by atoms with van der Waals surface area (Å²) in [5.74, 6) is -0.0937. The highest BCUT2D eigenvalue weighted by Crippen LogP contribution is 2.47. The van der Waals surface area contributed by atoms with E-state index in [9.17, 15) is 4.79 Å². The lowest BCUT2D eigenvalue weighted by atomic mass is 10.0. The van der Waals surface area contributed by atoms with Crippen molar-refractivity contribution in [3.8, 4) is 0 Å². The molecular weight excluding hydrogens is 312 g/mol. The molecular formula is C16H22N4O2S. The molecule has 1 unspecified atom stereocenters. The second kappa shape index (κ2) is 6.90. The van der Waals surface area contributed by atoms with Gasteiger partial charge in [0.05, 0.1) is 13.2 Å². The first kappa shape index (κ1) is 16.3. The average molecular weight is 334 g/mol. The maximum Gasteiger partial charge on any atom is 0.241 e. The Morgan fingerprint density at radius 3 is 2.70 bits per heavy atom. The van der Waals surface area contributed by atoms with Gasteiger partial charge in [-0.2, -0.15) is 0 Å². The summed E-state index contributed by atoms with van der Waals surface area (Å²) in [7, 11) is 0. The van der Waals surface area contributed by atoms with Gasteiger partial charge in [0, 0.05) is 26.6 Å². The lowest BCUT2D eigenvalue weighted by molar-refractivity contribution is -0.132. The number of hydrogen-bond acceptors (Lipinski definition) is 6. The number of nitrogens with two attached hydrogens (primary N) is 1. The molecule has 3 rings (SSSR count). The fraction of sp³-hybridized carbons (Fsp3) is 0.500. The van der Waals surface area contributed by atoms with Gasteiger partial charge in [-0.1, -0.05) is 42.1 Å². The summed E-state index contributed by atoms with van der Waals surface area (Å²) in [5.41, 5.74) is 7.02. The third kappa shape index (κ3) is 3.36. The minimum Gasteiger partial charge on any atom is -0.379 e. The fourth-order valence-corrected chi connectivity index (χ4v) is 4.23. The average Bonchev–Trinajstić information content (AvgIpc) is 2.93. The van der Waals surface area contributed by atoms with Gasteiger partial charge in [-0.05, 0) is 12.0 Å². The minimum absolute atomic E-state index is 0.0937. The van der Waals surface area contributed by atoms with Crippen LogP contribution < -0.4 is 5.73 Å². The van der Waals surface area contributed by atoms with Crippen molar-refractivity contribution < 1.29 is 9.53 Å². The molecule has 0 aromatic heterocycles. The number of nitrogens with zero attached hydrogens (tertiary/aromatic N) is 3. The SMILES string of the molecule is CC(=O)N1N=C(N)SC1(CCN1CCOCC1)c1ccccc1. The summed E-state index contributed by atoms with van der Waals surface area (Å²) in [4.78, 5) is 14.0. The van der Waals surface area contributed by atoms with E-state index in [0.717, 1.165) is 44.8 Å². The Hall–Kier alpha value is -1.57. The Labute approximate surface area is 140 Å². The number of ether oxygens (including phenoxy) is 1. The van der Waals surface area contributed by atoms with Crippen molar-refractivity contribution in [1.82, 2.24) is 9.91 Å². The lowest BCUT2D eigenvalue weighted by Gasteiger charge is -2.37. The van der Waals surface area contributed by atoms with Crippen molar-refractivity contribution in [2.75, 3.05) is 32.8 Å². The smallest absolute Gasteiger partial charge is 0.241 e. The van der Waals surface area contributed by atoms with Gasteiger partial charge in [-0.25, -0.2) is 5.01 Å². The molecule has 1 saturated heterocycles. The zero-order valence-electron chi connectivity index (χ0n) is 13.3. The zero-order valence-corrected chi connectivity index (χ0v) is 14.1. The Morgan fingerprint density at radius 2 is 2.04 bits per heavy atom. The Balaban J connectivity index is 1.86. The summed E-state index contributed by atoms with van der Waals surface area (Å²) < 4.78 is 5.40. The molecule has 1 amide bonds. The number of carbonyl (C=O) groups excluding carboxylic acids is 1. The van der Waals surface area contributed by atoms with Gasteiger partial charge in [0.1, 0.15) is 4.87 Å². The Kier molecular flexibility index (Phi) is 4.89. The number of hydrazone groups is 1. The molecule has 7 heteroatoms. The highest BCUT2D eigenvalue weighted by Gasteiger charge is 2.46. The Bertz CT molecular complexity index is 589. The van der Waals surface area contributed by atoms with E-state index in [1.54, 1.807) is 5.01 Å². The summed E-state index contributed by atoms with van der Waals surface area (Å²) in [6.45, 7) is 5.78. The number of amidine groups is 1. The van der Waals surface area contributed by atoms with Gasteiger partial charge in [0.25, 0.3) is 0 Å². The van der Waals surface area contributed by atoms with E-state index in [-0.39, 0.29) is 5.91 Å². The summed E-state index contributed by atoms with van der Waals surface area (Å²) in [6.07, 6.45) is 0.769. The van der Waals surface area contributed by atoms with Gasteiger partial charge in [-0.15, -0.1) is 5.10 Å². The van der Waals surface area contributed by atoms with Crippen LogP contribution in [-0.2, 0) is 14.4 Å². The molecule has 0 aliphatic carbocycles. The van der Waals surface area contributed by atoms with Gasteiger partial charge in [0.15, 0.2) is 5.17 Å². The van der Waals surface area contributed by atoms with E-state index in [1.807, 2.05) is 30.3 Å². The van der Waals surface area contributed by atoms with Crippen LogP contribution in [0.15, 0.2) is 35.4 Å². The molecule has 0 spiro atoms. The quantitative estimate of drug-likeness (QED) is 0.901. The van der Waals surface area contributed by atoms with Crippen molar-refractivity contribution in [2.24, 2.45) is 10.8 Å². The van der Waals surface area contributed by atoms with E-state index < -0.39 is 4.87 Å². The Morgan fingerprint density at radius 1 is 1.35 bits per heavy atom. The number of thioether (sulfide) groups is 1. The van der Waals surface area contributed by atoms with Crippen LogP contribution in [0.4, 0.5) is 0 Å². The number of hydrogen-bond donors (Lipinski definition) is 1. The van der Waals surface area contributed by atoms with Crippen LogP contribution in [-0.4, -0.2) is 53.8 Å². The predicted molar refractivity (Wildman–Crippen MR) is 91.7 cm³/mol. The molecule has 0 radical (unpaired) electrons. The number of carbonyl (C=O) groups is 1. The second-order valence-corrected chi connectivity index (χ2v) is 7.02. The van der Waals surface area contributed by atoms with Crippen LogP contribution in [0.1, 0.15) is 18.9 Å². The molecule has 1 aromatic carbocycles. The molecule has 2 N–H and O–H groups in total. The number of rotatable bonds is 4. The topological polar surface area (TPSA) is 71.2 Å². The van der Waals surface area contributed by atoms with Gasteiger partial charge < -0.3 is 10.5 Å². The molecule has 1 fully saturated rings. The van der Waals surface area contributed by atoms with E-state index in [0.29, 0.717) is 5.17 Å². The number of amides is 1. The first-order valence-corrected chi connectivity index (χ1v) is 8.63. The summed E-state index contributed by atoms with van der Waals surface area (Å²) in [5, 5.41) is 6.26. The van der Waals surface area contributed by atoms with E-state index in [1.165, 1.54) is 18.7 Å². The van der Waals surface area contributed by atoms with Gasteiger partial charge in [-0.3, -0.25) is 9.69 Å². The molecule has 2 aliphatic heterocycles. The van der Waals surface area contributed by atoms with Gasteiger partial charge >= 0.3 is 0 Å². The number of morpholine rings is 1. The normalized spacial score (nSPS) is 25.4. The standard InChI is InChI=1S/C16H22N4O2S/c1-13(21)20-16(23-15(17)18-20,14-5-3-2-4-6-14)7-8-19-9-11-22-12-10-19/h2-6H,7-12H2,1H3,(H2,17,18). The molecule has 0 saturated carbocycles. The second-order valence-electron chi connectivity index (χ2n) is 5.73. The third-order valence-electron chi connectivity index (χ3n) is 4.21. The monoisotopic (exact) mass is 334 g/mol. The van der Waals surface area contributed by atoms with Crippen LogP contribution in [0.2, 0.25) is 0 Å². The third-order valence-corrected chi connectivity index (χ3v) is 5.45. The first-order chi connectivity index (χ1) is 11.1. The largest absolute Gasteiger partial charge is 0.379 e. The highest BCUT2D eigenvalue weighted by molar-refractivity contribution is 8.14. The summed E-state index contributed by atoms with van der Waals surface area (Å²) in [6, 6.07) is 10.0. The van der Waals surface area contributed by atoms with Gasteiger partial charge in [0.2, 0.25) is 5.91 Å². The molecule has 124 valence electrons. The van der Waals surface area contributed by atoms with E-state index >= 15 is 0 Å². The molecule has 6 nitrogen and oxygen atoms in total. The van der Waals surface area contributed by atoms with Crippen molar-refractivity contribution in [3.05, 3.63) is 35.9 Å². The first-order valence-electron chi connectivity index (χ1n) is 7.81. The molecule has 2 aliphatic rings. The molecule has 0 bridgehead atoms.